The summed E-state index contributed by atoms with van der Waals surface area (Å²) in [6.07, 6.45) is 0. The molecule has 0 N–H and O–H groups in total. The number of ether oxygens (including phenoxy) is 2. The fourth-order valence-electron chi connectivity index (χ4n) is 2.39. The van der Waals surface area contributed by atoms with Gasteiger partial charge in [0.2, 0.25) is 0 Å². The molecule has 0 saturated carbocycles. The van der Waals surface area contributed by atoms with Gasteiger partial charge in [0.1, 0.15) is 19.5 Å². The van der Waals surface area contributed by atoms with Gasteiger partial charge >= 0.3 is 5.30 Å². The van der Waals surface area contributed by atoms with E-state index in [1.807, 2.05) is 43.3 Å². The number of likely N-dealkylation sites (N-methyl/N-ethyl adjacent to an activating group) is 1. The molecule has 0 aromatic heterocycles. The van der Waals surface area contributed by atoms with Crippen molar-refractivity contribution in [2.75, 3.05) is 21.3 Å². The van der Waals surface area contributed by atoms with E-state index in [4.69, 9.17) is 9.57 Å². The lowest BCUT2D eigenvalue weighted by molar-refractivity contribution is -0.118. The van der Waals surface area contributed by atoms with Gasteiger partial charge in [0.15, 0.2) is 5.71 Å². The van der Waals surface area contributed by atoms with Gasteiger partial charge in [-0.2, -0.15) is 0 Å². The Morgan fingerprint density at radius 1 is 1.07 bits per heavy atom. The Hall–Kier alpha value is -3.00. The van der Waals surface area contributed by atoms with Gasteiger partial charge < -0.3 is 14.3 Å². The second-order valence-electron chi connectivity index (χ2n) is 5.68. The lowest BCUT2D eigenvalue weighted by atomic mass is 10.0. The fourth-order valence-corrected chi connectivity index (χ4v) is 2.85. The van der Waals surface area contributed by atoms with Gasteiger partial charge in [-0.05, 0) is 24.1 Å². The number of carbonyl (C=O) groups is 2. The Kier molecular flexibility index (Phi) is 7.88. The van der Waals surface area contributed by atoms with Gasteiger partial charge in [-0.3, -0.25) is 9.10 Å². The van der Waals surface area contributed by atoms with Gasteiger partial charge in [-0.15, -0.1) is 0 Å². The van der Waals surface area contributed by atoms with Crippen molar-refractivity contribution in [3.8, 4) is 5.75 Å². The van der Waals surface area contributed by atoms with Gasteiger partial charge in [-0.25, -0.2) is 4.79 Å². The first-order valence-corrected chi connectivity index (χ1v) is 9.17. The highest BCUT2D eigenvalue weighted by atomic mass is 32.2. The Labute approximate surface area is 168 Å². The maximum Gasteiger partial charge on any atom is 0.388 e. The van der Waals surface area contributed by atoms with E-state index in [-0.39, 0.29) is 12.3 Å². The summed E-state index contributed by atoms with van der Waals surface area (Å²) in [7, 11) is 4.06. The van der Waals surface area contributed by atoms with Crippen LogP contribution >= 0.6 is 11.9 Å². The molecule has 0 saturated heterocycles. The van der Waals surface area contributed by atoms with Gasteiger partial charge in [-0.1, -0.05) is 47.6 Å². The SMILES string of the molecule is CON=C(C(=O)N(C)SC(=O)OC)c1ccccc1COc1ccccc1C. The first kappa shape index (κ1) is 21.3. The van der Waals surface area contributed by atoms with Crippen LogP contribution in [0.1, 0.15) is 16.7 Å². The maximum absolute atomic E-state index is 12.8. The molecule has 28 heavy (non-hydrogen) atoms. The Bertz CT molecular complexity index is 869. The van der Waals surface area contributed by atoms with Gasteiger partial charge in [0, 0.05) is 12.6 Å². The molecule has 7 nitrogen and oxygen atoms in total. The highest BCUT2D eigenvalue weighted by Crippen LogP contribution is 2.21. The van der Waals surface area contributed by atoms with E-state index in [0.717, 1.165) is 21.2 Å². The van der Waals surface area contributed by atoms with Crippen LogP contribution in [-0.4, -0.2) is 42.5 Å². The molecule has 0 aliphatic carbocycles. The van der Waals surface area contributed by atoms with E-state index in [1.165, 1.54) is 21.3 Å². The molecule has 0 heterocycles. The highest BCUT2D eigenvalue weighted by molar-refractivity contribution is 8.11. The number of aryl methyl sites for hydroxylation is 1. The predicted molar refractivity (Wildman–Crippen MR) is 108 cm³/mol. The third-order valence-corrected chi connectivity index (χ3v) is 4.55. The summed E-state index contributed by atoms with van der Waals surface area (Å²) < 4.78 is 11.6. The van der Waals surface area contributed by atoms with Gasteiger partial charge in [0.25, 0.3) is 5.91 Å². The smallest absolute Gasteiger partial charge is 0.388 e. The quantitative estimate of drug-likeness (QED) is 0.317. The maximum atomic E-state index is 12.8. The van der Waals surface area contributed by atoms with Crippen molar-refractivity contribution < 1.29 is 23.9 Å². The van der Waals surface area contributed by atoms with E-state index in [1.54, 1.807) is 12.1 Å². The average Bonchev–Trinajstić information content (AvgIpc) is 2.71. The molecule has 0 radical (unpaired) electrons. The second-order valence-corrected chi connectivity index (χ2v) is 6.75. The Morgan fingerprint density at radius 3 is 2.43 bits per heavy atom. The number of nitrogens with zero attached hydrogens (tertiary/aromatic N) is 2. The first-order valence-electron chi connectivity index (χ1n) is 8.39. The molecule has 0 spiro atoms. The van der Waals surface area contributed by atoms with Crippen LogP contribution in [0.5, 0.6) is 5.75 Å². The molecular formula is C20H22N2O5S. The number of para-hydroxylation sites is 1. The molecule has 0 aliphatic heterocycles. The summed E-state index contributed by atoms with van der Waals surface area (Å²) in [5.74, 6) is 0.257. The molecule has 2 aromatic rings. The van der Waals surface area contributed by atoms with Crippen LogP contribution in [0.25, 0.3) is 0 Å². The van der Waals surface area contributed by atoms with E-state index in [9.17, 15) is 9.59 Å². The monoisotopic (exact) mass is 402 g/mol. The third-order valence-electron chi connectivity index (χ3n) is 3.80. The number of oxime groups is 1. The zero-order valence-corrected chi connectivity index (χ0v) is 17.0. The van der Waals surface area contributed by atoms with Crippen LogP contribution < -0.4 is 4.74 Å². The summed E-state index contributed by atoms with van der Waals surface area (Å²) in [6.45, 7) is 2.20. The first-order chi connectivity index (χ1) is 13.5. The van der Waals surface area contributed by atoms with Crippen LogP contribution in [0.2, 0.25) is 0 Å². The number of methoxy groups -OCH3 is 1. The minimum atomic E-state index is -0.608. The van der Waals surface area contributed by atoms with Crippen molar-refractivity contribution in [1.82, 2.24) is 4.31 Å². The predicted octanol–water partition coefficient (Wildman–Crippen LogP) is 3.80. The molecule has 0 bridgehead atoms. The van der Waals surface area contributed by atoms with Crippen molar-refractivity contribution >= 4 is 28.9 Å². The standard InChI is InChI=1S/C20H22N2O5S/c1-14-9-5-8-12-17(14)27-13-15-10-6-7-11-16(15)18(21-26-4)19(23)22(2)28-20(24)25-3/h5-12H,13H2,1-4H3. The molecule has 0 unspecified atom stereocenters. The molecule has 2 aromatic carbocycles. The molecule has 8 heteroatoms. The van der Waals surface area contributed by atoms with Crippen molar-refractivity contribution in [2.45, 2.75) is 13.5 Å². The number of amides is 1. The fraction of sp³-hybridized carbons (Fsp3) is 0.250. The van der Waals surface area contributed by atoms with Crippen LogP contribution in [0, 0.1) is 6.92 Å². The molecule has 148 valence electrons. The highest BCUT2D eigenvalue weighted by Gasteiger charge is 2.24. The number of rotatable bonds is 6. The summed E-state index contributed by atoms with van der Waals surface area (Å²) in [4.78, 5) is 29.1. The zero-order chi connectivity index (χ0) is 20.5. The topological polar surface area (TPSA) is 77.4 Å². The normalized spacial score (nSPS) is 10.9. The lowest BCUT2D eigenvalue weighted by Gasteiger charge is -2.17. The second kappa shape index (κ2) is 10.4. The molecule has 0 aliphatic rings. The van der Waals surface area contributed by atoms with Crippen molar-refractivity contribution in [2.24, 2.45) is 5.16 Å². The molecule has 0 atom stereocenters. The van der Waals surface area contributed by atoms with Crippen LogP contribution in [-0.2, 0) is 21.0 Å². The molecule has 1 amide bonds. The van der Waals surface area contributed by atoms with E-state index >= 15 is 0 Å². The van der Waals surface area contributed by atoms with Crippen molar-refractivity contribution in [3.05, 3.63) is 65.2 Å². The molecule has 0 fully saturated rings. The van der Waals surface area contributed by atoms with Crippen LogP contribution in [0.4, 0.5) is 4.79 Å². The largest absolute Gasteiger partial charge is 0.489 e. The minimum absolute atomic E-state index is 0.0605. The summed E-state index contributed by atoms with van der Waals surface area (Å²) in [5, 5.41) is 3.28. The van der Waals surface area contributed by atoms with Gasteiger partial charge in [0.05, 0.1) is 19.1 Å². The number of carbonyl (C=O) groups excluding carboxylic acids is 2. The van der Waals surface area contributed by atoms with Crippen molar-refractivity contribution in [1.29, 1.82) is 0 Å². The van der Waals surface area contributed by atoms with Crippen LogP contribution in [0.3, 0.4) is 0 Å². The third kappa shape index (κ3) is 5.50. The zero-order valence-electron chi connectivity index (χ0n) is 16.2. The van der Waals surface area contributed by atoms with Crippen molar-refractivity contribution in [3.63, 3.8) is 0 Å². The number of hydrogen-bond acceptors (Lipinski definition) is 7. The summed E-state index contributed by atoms with van der Waals surface area (Å²) in [5.41, 5.74) is 2.38. The minimum Gasteiger partial charge on any atom is -0.489 e. The van der Waals surface area contributed by atoms with E-state index < -0.39 is 11.2 Å². The Morgan fingerprint density at radius 2 is 1.75 bits per heavy atom. The summed E-state index contributed by atoms with van der Waals surface area (Å²) >= 11 is 0.630. The van der Waals surface area contributed by atoms with E-state index in [0.29, 0.717) is 17.5 Å². The van der Waals surface area contributed by atoms with Crippen LogP contribution in [0.15, 0.2) is 53.7 Å². The lowest BCUT2D eigenvalue weighted by Crippen LogP contribution is -2.31. The molecule has 2 rings (SSSR count). The Balaban J connectivity index is 2.28. The van der Waals surface area contributed by atoms with E-state index in [2.05, 4.69) is 9.89 Å². The number of hydrogen-bond donors (Lipinski definition) is 0. The number of benzene rings is 2. The molecular weight excluding hydrogens is 380 g/mol. The average molecular weight is 402 g/mol. The summed E-state index contributed by atoms with van der Waals surface area (Å²) in [6, 6.07) is 14.9.